The van der Waals surface area contributed by atoms with Crippen LogP contribution in [-0.2, 0) is 16.7 Å². The molecule has 0 unspecified atom stereocenters. The molecule has 0 spiro atoms. The van der Waals surface area contributed by atoms with E-state index in [4.69, 9.17) is 4.74 Å². The Labute approximate surface area is 176 Å². The Morgan fingerprint density at radius 2 is 2.10 bits per heavy atom. The molecule has 1 aliphatic rings. The number of benzene rings is 1. The van der Waals surface area contributed by atoms with Crippen molar-refractivity contribution in [1.82, 2.24) is 4.98 Å². The third-order valence-corrected chi connectivity index (χ3v) is 5.70. The van der Waals surface area contributed by atoms with Crippen LogP contribution in [0.5, 0.6) is 5.75 Å². The first kappa shape index (κ1) is 21.9. The molecule has 8 heteroatoms. The summed E-state index contributed by atoms with van der Waals surface area (Å²) in [6.45, 7) is 1.46. The fraction of sp³-hybridized carbons (Fsp3) is 0.318. The summed E-state index contributed by atoms with van der Waals surface area (Å²) in [5.74, 6) is 1.05. The quantitative estimate of drug-likeness (QED) is 0.423. The summed E-state index contributed by atoms with van der Waals surface area (Å²) in [5.41, 5.74) is 0.838. The van der Waals surface area contributed by atoms with Crippen LogP contribution in [0.1, 0.15) is 40.8 Å². The van der Waals surface area contributed by atoms with Crippen molar-refractivity contribution in [1.29, 1.82) is 5.26 Å². The van der Waals surface area contributed by atoms with Crippen molar-refractivity contribution in [3.63, 3.8) is 0 Å². The van der Waals surface area contributed by atoms with E-state index in [-0.39, 0.29) is 33.6 Å². The molecule has 0 radical (unpaired) electrons. The van der Waals surface area contributed by atoms with Crippen molar-refractivity contribution in [2.75, 3.05) is 7.11 Å². The van der Waals surface area contributed by atoms with Crippen LogP contribution in [0, 0.1) is 24.2 Å². The zero-order valence-corrected chi connectivity index (χ0v) is 17.2. The maximum Gasteiger partial charge on any atom is 0.433 e. The fourth-order valence-corrected chi connectivity index (χ4v) is 3.90. The third-order valence-electron chi connectivity index (χ3n) is 4.67. The van der Waals surface area contributed by atoms with Crippen LogP contribution in [0.3, 0.4) is 0 Å². The van der Waals surface area contributed by atoms with E-state index in [9.17, 15) is 23.2 Å². The number of rotatable bonds is 7. The highest BCUT2D eigenvalue weighted by molar-refractivity contribution is 7.98. The summed E-state index contributed by atoms with van der Waals surface area (Å²) < 4.78 is 44.7. The standard InChI is InChI=1S/C22H19F3N2O2S/c1-13-9-20(22(23,24)25)27-21(17(13)11-26)30-12-16-10-14(4-8-19(16)29-2)3-7-18(28)15-5-6-15/h3-4,7-10,15H,5-6,12H2,1-2H3/b7-3+. The van der Waals surface area contributed by atoms with Crippen LogP contribution in [0.15, 0.2) is 35.4 Å². The van der Waals surface area contributed by atoms with E-state index in [0.29, 0.717) is 5.75 Å². The van der Waals surface area contributed by atoms with Crippen molar-refractivity contribution in [2.45, 2.75) is 36.7 Å². The molecule has 30 heavy (non-hydrogen) atoms. The van der Waals surface area contributed by atoms with Gasteiger partial charge < -0.3 is 4.74 Å². The SMILES string of the molecule is COc1ccc(/C=C/C(=O)C2CC2)cc1CSc1nc(C(F)(F)F)cc(C)c1C#N. The van der Waals surface area contributed by atoms with E-state index < -0.39 is 11.9 Å². The monoisotopic (exact) mass is 432 g/mol. The highest BCUT2D eigenvalue weighted by atomic mass is 32.2. The van der Waals surface area contributed by atoms with Gasteiger partial charge in [-0.15, -0.1) is 11.8 Å². The number of hydrogen-bond acceptors (Lipinski definition) is 5. The van der Waals surface area contributed by atoms with Crippen LogP contribution in [-0.4, -0.2) is 17.9 Å². The lowest BCUT2D eigenvalue weighted by Gasteiger charge is -2.13. The van der Waals surface area contributed by atoms with Crippen molar-refractivity contribution in [2.24, 2.45) is 5.92 Å². The molecule has 3 rings (SSSR count). The number of carbonyl (C=O) groups excluding carboxylic acids is 1. The number of ether oxygens (including phenoxy) is 1. The molecule has 1 aliphatic carbocycles. The summed E-state index contributed by atoms with van der Waals surface area (Å²) in [5, 5.41) is 9.38. The molecule has 1 fully saturated rings. The number of carbonyl (C=O) groups is 1. The van der Waals surface area contributed by atoms with E-state index >= 15 is 0 Å². The van der Waals surface area contributed by atoms with Crippen LogP contribution < -0.4 is 4.74 Å². The van der Waals surface area contributed by atoms with Crippen LogP contribution in [0.4, 0.5) is 13.2 Å². The van der Waals surface area contributed by atoms with Crippen molar-refractivity contribution >= 4 is 23.6 Å². The Hall–Kier alpha value is -2.79. The largest absolute Gasteiger partial charge is 0.496 e. The number of methoxy groups -OCH3 is 1. The molecule has 0 aliphatic heterocycles. The molecule has 1 heterocycles. The Morgan fingerprint density at radius 1 is 1.37 bits per heavy atom. The normalized spacial score (nSPS) is 14.0. The van der Waals surface area contributed by atoms with Gasteiger partial charge in [0.25, 0.3) is 0 Å². The fourth-order valence-electron chi connectivity index (χ4n) is 2.87. The molecule has 1 aromatic heterocycles. The van der Waals surface area contributed by atoms with E-state index in [0.717, 1.165) is 41.8 Å². The van der Waals surface area contributed by atoms with Gasteiger partial charge in [-0.25, -0.2) is 4.98 Å². The van der Waals surface area contributed by atoms with E-state index in [1.165, 1.54) is 14.0 Å². The van der Waals surface area contributed by atoms with Crippen LogP contribution in [0.2, 0.25) is 0 Å². The minimum Gasteiger partial charge on any atom is -0.496 e. The minimum absolute atomic E-state index is 0.0248. The number of aryl methyl sites for hydroxylation is 1. The van der Waals surface area contributed by atoms with Gasteiger partial charge in [-0.1, -0.05) is 12.1 Å². The second-order valence-corrected chi connectivity index (χ2v) is 7.95. The maximum absolute atomic E-state index is 13.1. The third kappa shape index (κ3) is 5.22. The lowest BCUT2D eigenvalue weighted by molar-refractivity contribution is -0.141. The van der Waals surface area contributed by atoms with Gasteiger partial charge in [0.2, 0.25) is 0 Å². The lowest BCUT2D eigenvalue weighted by atomic mass is 10.1. The molecule has 1 aromatic carbocycles. The first-order valence-electron chi connectivity index (χ1n) is 9.23. The highest BCUT2D eigenvalue weighted by Gasteiger charge is 2.34. The Balaban J connectivity index is 1.85. The molecule has 0 amide bonds. The van der Waals surface area contributed by atoms with Gasteiger partial charge in [0.15, 0.2) is 5.78 Å². The zero-order chi connectivity index (χ0) is 21.9. The molecule has 4 nitrogen and oxygen atoms in total. The average Bonchev–Trinajstić information content (AvgIpc) is 3.54. The molecule has 2 aromatic rings. The number of nitrogens with zero attached hydrogens (tertiary/aromatic N) is 2. The van der Waals surface area contributed by atoms with Crippen molar-refractivity contribution < 1.29 is 22.7 Å². The van der Waals surface area contributed by atoms with Crippen molar-refractivity contribution in [3.05, 3.63) is 58.3 Å². The van der Waals surface area contributed by atoms with E-state index in [2.05, 4.69) is 4.98 Å². The number of ketones is 1. The number of alkyl halides is 3. The van der Waals surface area contributed by atoms with Gasteiger partial charge in [-0.2, -0.15) is 18.4 Å². The number of pyridine rings is 1. The minimum atomic E-state index is -4.59. The second-order valence-electron chi connectivity index (χ2n) is 6.98. The Morgan fingerprint density at radius 3 is 2.70 bits per heavy atom. The number of halogens is 3. The van der Waals surface area contributed by atoms with Crippen molar-refractivity contribution in [3.8, 4) is 11.8 Å². The van der Waals surface area contributed by atoms with Gasteiger partial charge in [0.05, 0.1) is 12.7 Å². The topological polar surface area (TPSA) is 63.0 Å². The summed E-state index contributed by atoms with van der Waals surface area (Å²) in [4.78, 5) is 15.5. The molecular weight excluding hydrogens is 413 g/mol. The predicted molar refractivity (Wildman–Crippen MR) is 108 cm³/mol. The number of aromatic nitrogens is 1. The van der Waals surface area contributed by atoms with Gasteiger partial charge in [0, 0.05) is 17.2 Å². The molecule has 0 atom stereocenters. The summed E-state index contributed by atoms with van der Waals surface area (Å²) in [7, 11) is 1.50. The number of nitriles is 1. The van der Waals surface area contributed by atoms with E-state index in [1.54, 1.807) is 24.3 Å². The number of hydrogen-bond donors (Lipinski definition) is 0. The first-order chi connectivity index (χ1) is 14.2. The molecule has 0 bridgehead atoms. The van der Waals surface area contributed by atoms with Crippen LogP contribution >= 0.6 is 11.8 Å². The summed E-state index contributed by atoms with van der Waals surface area (Å²) in [6, 6.07) is 8.18. The van der Waals surface area contributed by atoms with Gasteiger partial charge >= 0.3 is 6.18 Å². The second kappa shape index (κ2) is 8.92. The molecule has 0 saturated heterocycles. The van der Waals surface area contributed by atoms with Gasteiger partial charge in [-0.05, 0) is 55.2 Å². The maximum atomic E-state index is 13.1. The smallest absolute Gasteiger partial charge is 0.433 e. The lowest BCUT2D eigenvalue weighted by Crippen LogP contribution is -2.10. The Kier molecular flexibility index (Phi) is 6.52. The number of thioether (sulfide) groups is 1. The number of allylic oxidation sites excluding steroid dienone is 1. The summed E-state index contributed by atoms with van der Waals surface area (Å²) >= 11 is 1.04. The Bertz CT molecular complexity index is 1040. The first-order valence-corrected chi connectivity index (χ1v) is 10.2. The molecule has 156 valence electrons. The van der Waals surface area contributed by atoms with E-state index in [1.807, 2.05) is 12.1 Å². The predicted octanol–water partition coefficient (Wildman–Crippen LogP) is 5.57. The summed E-state index contributed by atoms with van der Waals surface area (Å²) in [6.07, 6.45) is 0.546. The zero-order valence-electron chi connectivity index (χ0n) is 16.4. The molecular formula is C22H19F3N2O2S. The van der Waals surface area contributed by atoms with Gasteiger partial charge in [-0.3, -0.25) is 4.79 Å². The van der Waals surface area contributed by atoms with Gasteiger partial charge in [0.1, 0.15) is 22.5 Å². The average molecular weight is 432 g/mol. The highest BCUT2D eigenvalue weighted by Crippen LogP contribution is 2.35. The molecule has 1 saturated carbocycles. The van der Waals surface area contributed by atoms with Crippen LogP contribution in [0.25, 0.3) is 6.08 Å². The molecule has 0 N–H and O–H groups in total.